The summed E-state index contributed by atoms with van der Waals surface area (Å²) in [6, 6.07) is 17.8. The van der Waals surface area contributed by atoms with E-state index in [9.17, 15) is 9.59 Å². The quantitative estimate of drug-likeness (QED) is 0.912. The summed E-state index contributed by atoms with van der Waals surface area (Å²) in [4.78, 5) is 25.7. The largest absolute Gasteiger partial charge is 0.358 e. The van der Waals surface area contributed by atoms with Crippen molar-refractivity contribution in [3.63, 3.8) is 0 Å². The Hall–Kier alpha value is -2.62. The van der Waals surface area contributed by atoms with Gasteiger partial charge < -0.3 is 10.2 Å². The molecule has 2 aromatic rings. The number of carbonyl (C=O) groups excluding carboxylic acids is 2. The summed E-state index contributed by atoms with van der Waals surface area (Å²) < 4.78 is 8.18. The van der Waals surface area contributed by atoms with Gasteiger partial charge in [0.05, 0.1) is 6.40 Å². The molecule has 0 aliphatic heterocycles. The predicted molar refractivity (Wildman–Crippen MR) is 83.0 cm³/mol. The Balaban J connectivity index is 2.28. The Morgan fingerprint density at radius 2 is 1.62 bits per heavy atom. The van der Waals surface area contributed by atoms with Crippen molar-refractivity contribution in [2.24, 2.45) is 0 Å². The molecule has 2 aromatic carbocycles. The third-order valence-electron chi connectivity index (χ3n) is 3.00. The number of likely N-dealkylation sites (N-methyl/N-ethyl adjacent to an activating group) is 1. The van der Waals surface area contributed by atoms with E-state index in [2.05, 4.69) is 5.32 Å². The van der Waals surface area contributed by atoms with Gasteiger partial charge in [-0.2, -0.15) is 0 Å². The Morgan fingerprint density at radius 1 is 1.05 bits per heavy atom. The third-order valence-corrected chi connectivity index (χ3v) is 3.00. The Kier molecular flexibility index (Phi) is 4.61. The average molecular weight is 283 g/mol. The molecule has 0 spiro atoms. The zero-order valence-electron chi connectivity index (χ0n) is 12.8. The number of hydrogen-bond acceptors (Lipinski definition) is 2. The van der Waals surface area contributed by atoms with Crippen molar-refractivity contribution in [1.82, 2.24) is 5.32 Å². The maximum Gasteiger partial charge on any atom is 0.239 e. The molecule has 4 nitrogen and oxygen atoms in total. The number of benzene rings is 2. The minimum Gasteiger partial charge on any atom is -0.358 e. The molecule has 0 saturated carbocycles. The van der Waals surface area contributed by atoms with Crippen LogP contribution in [0.4, 0.5) is 5.69 Å². The summed E-state index contributed by atoms with van der Waals surface area (Å²) in [5, 5.41) is 2.50. The maximum absolute atomic E-state index is 12.7. The van der Waals surface area contributed by atoms with Crippen molar-refractivity contribution >= 4 is 17.5 Å². The Labute approximate surface area is 125 Å². The van der Waals surface area contributed by atoms with Gasteiger partial charge in [-0.15, -0.1) is 0 Å². The summed E-state index contributed by atoms with van der Waals surface area (Å²) in [5.41, 5.74) is 1.20. The number of carbonyl (C=O) groups is 2. The summed E-state index contributed by atoms with van der Waals surface area (Å²) in [7, 11) is 1.52. The van der Waals surface area contributed by atoms with Gasteiger partial charge in [-0.1, -0.05) is 48.5 Å². The topological polar surface area (TPSA) is 49.4 Å². The van der Waals surface area contributed by atoms with Crippen molar-refractivity contribution < 1.29 is 11.0 Å². The van der Waals surface area contributed by atoms with Crippen molar-refractivity contribution in [2.45, 2.75) is 6.40 Å². The van der Waals surface area contributed by atoms with Crippen LogP contribution in [0.1, 0.15) is 6.93 Å². The fourth-order valence-corrected chi connectivity index (χ4v) is 1.90. The maximum atomic E-state index is 12.7. The Morgan fingerprint density at radius 3 is 2.19 bits per heavy atom. The second kappa shape index (κ2) is 7.24. The molecule has 2 amide bonds. The number of nitrogens with one attached hydrogen (secondary N) is 1. The second-order valence-electron chi connectivity index (χ2n) is 4.49. The van der Waals surface area contributed by atoms with Crippen molar-refractivity contribution in [2.75, 3.05) is 18.5 Å². The highest BCUT2D eigenvalue weighted by Gasteiger charge is 2.18. The van der Waals surface area contributed by atoms with E-state index in [0.717, 1.165) is 0 Å². The molecule has 108 valence electrons. The molecule has 4 heteroatoms. The van der Waals surface area contributed by atoms with E-state index in [4.69, 9.17) is 1.37 Å². The van der Waals surface area contributed by atoms with Crippen LogP contribution in [0.2, 0.25) is 0 Å². The first-order chi connectivity index (χ1) is 10.6. The lowest BCUT2D eigenvalue weighted by Gasteiger charge is -2.22. The van der Waals surface area contributed by atoms with Gasteiger partial charge in [0.2, 0.25) is 11.8 Å². The van der Waals surface area contributed by atoms with E-state index < -0.39 is 12.3 Å². The lowest BCUT2D eigenvalue weighted by Crippen LogP contribution is -2.40. The molecule has 0 heterocycles. The molecule has 2 rings (SSSR count). The summed E-state index contributed by atoms with van der Waals surface area (Å²) >= 11 is 0. The molecule has 0 bridgehead atoms. The summed E-state index contributed by atoms with van der Waals surface area (Å²) in [5.74, 6) is -0.710. The number of rotatable bonds is 5. The van der Waals surface area contributed by atoms with Crippen LogP contribution < -0.4 is 10.2 Å². The van der Waals surface area contributed by atoms with Gasteiger partial charge in [0.15, 0.2) is 0 Å². The van der Waals surface area contributed by atoms with Gasteiger partial charge in [-0.3, -0.25) is 9.59 Å². The number of para-hydroxylation sites is 1. The third kappa shape index (κ3) is 4.18. The molecule has 0 aliphatic rings. The van der Waals surface area contributed by atoms with Crippen LogP contribution in [-0.4, -0.2) is 25.4 Å². The molecule has 0 saturated heterocycles. The van der Waals surface area contributed by atoms with Crippen LogP contribution >= 0.6 is 0 Å². The molecule has 1 atom stereocenters. The molecule has 0 aliphatic carbocycles. The SMILES string of the molecule is [2H]C(C(=O)N(CC(=O)NC)c1ccccc1)c1ccccc1. The van der Waals surface area contributed by atoms with Gasteiger partial charge in [0.25, 0.3) is 0 Å². The van der Waals surface area contributed by atoms with Crippen LogP contribution in [0.25, 0.3) is 0 Å². The zero-order valence-corrected chi connectivity index (χ0v) is 11.8. The van der Waals surface area contributed by atoms with Gasteiger partial charge in [-0.05, 0) is 17.7 Å². The molecule has 21 heavy (non-hydrogen) atoms. The van der Waals surface area contributed by atoms with Gasteiger partial charge >= 0.3 is 0 Å². The molecule has 0 radical (unpaired) electrons. The first-order valence-electron chi connectivity index (χ1n) is 7.25. The van der Waals surface area contributed by atoms with Crippen LogP contribution in [-0.2, 0) is 16.0 Å². The van der Waals surface area contributed by atoms with E-state index in [1.165, 1.54) is 11.9 Å². The van der Waals surface area contributed by atoms with Crippen molar-refractivity contribution in [3.8, 4) is 0 Å². The molecule has 1 unspecified atom stereocenters. The lowest BCUT2D eigenvalue weighted by atomic mass is 10.1. The molecular formula is C17H18N2O2. The van der Waals surface area contributed by atoms with Gasteiger partial charge in [-0.25, -0.2) is 0 Å². The van der Waals surface area contributed by atoms with Crippen molar-refractivity contribution in [3.05, 3.63) is 66.2 Å². The summed E-state index contributed by atoms with van der Waals surface area (Å²) in [6.07, 6.45) is -1.06. The molecule has 0 aromatic heterocycles. The molecule has 1 N–H and O–H groups in total. The number of amides is 2. The van der Waals surface area contributed by atoms with E-state index in [-0.39, 0.29) is 12.5 Å². The highest BCUT2D eigenvalue weighted by molar-refractivity contribution is 5.99. The van der Waals surface area contributed by atoms with Gasteiger partial charge in [0, 0.05) is 14.1 Å². The first-order valence-corrected chi connectivity index (χ1v) is 6.67. The van der Waals surface area contributed by atoms with Crippen LogP contribution in [0.5, 0.6) is 0 Å². The predicted octanol–water partition coefficient (Wildman–Crippen LogP) is 2.01. The highest BCUT2D eigenvalue weighted by atomic mass is 16.2. The average Bonchev–Trinajstić information content (AvgIpc) is 2.59. The van der Waals surface area contributed by atoms with E-state index in [1.54, 1.807) is 48.5 Å². The first kappa shape index (κ1) is 13.4. The minimum absolute atomic E-state index is 0.110. The number of nitrogens with zero attached hydrogens (tertiary/aromatic N) is 1. The molecule has 0 fully saturated rings. The normalized spacial score (nSPS) is 12.1. The highest BCUT2D eigenvalue weighted by Crippen LogP contribution is 2.15. The van der Waals surface area contributed by atoms with Crippen LogP contribution in [0, 0.1) is 0 Å². The lowest BCUT2D eigenvalue weighted by molar-refractivity contribution is -0.123. The van der Waals surface area contributed by atoms with Crippen LogP contribution in [0.3, 0.4) is 0 Å². The smallest absolute Gasteiger partial charge is 0.239 e. The molecular weight excluding hydrogens is 264 g/mol. The standard InChI is InChI=1S/C17H18N2O2/c1-18-16(20)13-19(15-10-6-3-7-11-15)17(21)12-14-8-4-2-5-9-14/h2-11H,12-13H2,1H3,(H,18,20)/i12D. The van der Waals surface area contributed by atoms with E-state index in [1.807, 2.05) is 12.1 Å². The van der Waals surface area contributed by atoms with E-state index in [0.29, 0.717) is 11.3 Å². The fraction of sp³-hybridized carbons (Fsp3) is 0.176. The summed E-state index contributed by atoms with van der Waals surface area (Å²) in [6.45, 7) is -0.110. The number of anilines is 1. The van der Waals surface area contributed by atoms with Crippen LogP contribution in [0.15, 0.2) is 60.7 Å². The Bertz CT molecular complexity index is 632. The minimum atomic E-state index is -1.06. The van der Waals surface area contributed by atoms with Gasteiger partial charge in [0.1, 0.15) is 6.54 Å². The monoisotopic (exact) mass is 283 g/mol. The van der Waals surface area contributed by atoms with E-state index >= 15 is 0 Å². The second-order valence-corrected chi connectivity index (χ2v) is 4.49. The van der Waals surface area contributed by atoms with Crippen molar-refractivity contribution in [1.29, 1.82) is 0 Å². The zero-order chi connectivity index (χ0) is 15.9. The fourth-order valence-electron chi connectivity index (χ4n) is 1.90. The number of hydrogen-bond donors (Lipinski definition) is 1.